The van der Waals surface area contributed by atoms with E-state index < -0.39 is 28.0 Å². The van der Waals surface area contributed by atoms with Crippen molar-refractivity contribution in [3.05, 3.63) is 59.7 Å². The van der Waals surface area contributed by atoms with E-state index in [0.717, 1.165) is 5.56 Å². The van der Waals surface area contributed by atoms with Crippen LogP contribution in [0.3, 0.4) is 0 Å². The Morgan fingerprint density at radius 1 is 1.07 bits per heavy atom. The summed E-state index contributed by atoms with van der Waals surface area (Å²) in [6.45, 7) is 7.04. The van der Waals surface area contributed by atoms with E-state index in [4.69, 9.17) is 8.92 Å². The highest BCUT2D eigenvalue weighted by Crippen LogP contribution is 2.20. The molecule has 0 radical (unpaired) electrons. The number of hydrogen-bond donors (Lipinski definition) is 2. The van der Waals surface area contributed by atoms with Gasteiger partial charge in [-0.3, -0.25) is 5.32 Å². The fourth-order valence-corrected chi connectivity index (χ4v) is 3.21. The van der Waals surface area contributed by atoms with E-state index in [9.17, 15) is 18.3 Å². The van der Waals surface area contributed by atoms with Crippen LogP contribution in [0.25, 0.3) is 0 Å². The maximum atomic E-state index is 12.3. The minimum atomic E-state index is -3.92. The molecule has 28 heavy (non-hydrogen) atoms. The number of rotatable bonds is 6. The Balaban J connectivity index is 1.96. The van der Waals surface area contributed by atoms with E-state index in [1.807, 2.05) is 6.92 Å². The topological polar surface area (TPSA) is 102 Å². The van der Waals surface area contributed by atoms with Crippen LogP contribution in [0.1, 0.15) is 31.9 Å². The first-order chi connectivity index (χ1) is 12.9. The van der Waals surface area contributed by atoms with Gasteiger partial charge in [0.1, 0.15) is 22.5 Å². The smallest absolute Gasteiger partial charge is 0.409 e. The number of aryl methyl sites for hydroxylation is 1. The zero-order valence-electron chi connectivity index (χ0n) is 16.3. The normalized spacial score (nSPS) is 12.9. The molecule has 2 aromatic carbocycles. The van der Waals surface area contributed by atoms with Crippen molar-refractivity contribution >= 4 is 16.2 Å². The van der Waals surface area contributed by atoms with E-state index in [1.54, 1.807) is 45.0 Å². The van der Waals surface area contributed by atoms with Crippen molar-refractivity contribution in [2.45, 2.75) is 50.8 Å². The van der Waals surface area contributed by atoms with Gasteiger partial charge in [0.15, 0.2) is 0 Å². The molecule has 0 saturated carbocycles. The number of benzene rings is 2. The summed E-state index contributed by atoms with van der Waals surface area (Å²) in [4.78, 5) is 11.7. The molecule has 2 aromatic rings. The second kappa shape index (κ2) is 8.62. The van der Waals surface area contributed by atoms with Crippen LogP contribution in [-0.4, -0.2) is 31.4 Å². The lowest BCUT2D eigenvalue weighted by Crippen LogP contribution is -2.40. The maximum absolute atomic E-state index is 12.3. The molecule has 0 bridgehead atoms. The number of alkyl carbamates (subject to hydrolysis) is 1. The summed E-state index contributed by atoms with van der Waals surface area (Å²) in [5.41, 5.74) is 0.969. The first-order valence-electron chi connectivity index (χ1n) is 8.72. The van der Waals surface area contributed by atoms with Gasteiger partial charge in [-0.15, -0.1) is 0 Å². The Labute approximate surface area is 165 Å². The quantitative estimate of drug-likeness (QED) is 0.563. The third-order valence-corrected chi connectivity index (χ3v) is 4.81. The van der Waals surface area contributed by atoms with Crippen molar-refractivity contribution < 1.29 is 27.2 Å². The van der Waals surface area contributed by atoms with Gasteiger partial charge in [0.2, 0.25) is 0 Å². The van der Waals surface area contributed by atoms with Crippen molar-refractivity contribution in [2.75, 3.05) is 0 Å². The lowest BCUT2D eigenvalue weighted by Gasteiger charge is -2.21. The average Bonchev–Trinajstić information content (AvgIpc) is 2.55. The maximum Gasteiger partial charge on any atom is 0.409 e. The third-order valence-electron chi connectivity index (χ3n) is 3.55. The summed E-state index contributed by atoms with van der Waals surface area (Å²) in [5, 5.41) is 12.3. The number of amides is 1. The highest BCUT2D eigenvalue weighted by atomic mass is 32.2. The molecule has 7 nitrogen and oxygen atoms in total. The molecule has 0 aromatic heterocycles. The molecule has 0 saturated heterocycles. The van der Waals surface area contributed by atoms with Crippen LogP contribution in [0.4, 0.5) is 4.79 Å². The Bertz CT molecular complexity index is 899. The molecule has 0 fully saturated rings. The summed E-state index contributed by atoms with van der Waals surface area (Å²) in [7, 11) is -3.92. The molecule has 0 heterocycles. The molecule has 2 N–H and O–H groups in total. The number of hydrogen-bond acceptors (Lipinski definition) is 6. The molecule has 0 aliphatic rings. The molecule has 1 amide bonds. The SMILES string of the molecule is Cc1ccc(S(=O)(=O)Oc2ccc(CC(O)NC(=O)OC(C)(C)C)cc2)cc1. The third kappa shape index (κ3) is 6.86. The summed E-state index contributed by atoms with van der Waals surface area (Å²) < 4.78 is 34.8. The monoisotopic (exact) mass is 407 g/mol. The highest BCUT2D eigenvalue weighted by molar-refractivity contribution is 7.87. The van der Waals surface area contributed by atoms with Crippen LogP contribution < -0.4 is 9.50 Å². The second-order valence-electron chi connectivity index (χ2n) is 7.36. The van der Waals surface area contributed by atoms with Gasteiger partial charge in [0, 0.05) is 6.42 Å². The van der Waals surface area contributed by atoms with Crippen molar-refractivity contribution in [1.29, 1.82) is 0 Å². The van der Waals surface area contributed by atoms with E-state index in [0.29, 0.717) is 5.56 Å². The van der Waals surface area contributed by atoms with Crippen LogP contribution in [0, 0.1) is 6.92 Å². The zero-order valence-corrected chi connectivity index (χ0v) is 17.1. The van der Waals surface area contributed by atoms with Gasteiger partial charge in [-0.1, -0.05) is 29.8 Å². The zero-order chi connectivity index (χ0) is 20.9. The van der Waals surface area contributed by atoms with Crippen LogP contribution in [0.15, 0.2) is 53.4 Å². The summed E-state index contributed by atoms with van der Waals surface area (Å²) >= 11 is 0. The molecule has 2 rings (SSSR count). The molecule has 1 unspecified atom stereocenters. The second-order valence-corrected chi connectivity index (χ2v) is 8.91. The van der Waals surface area contributed by atoms with Crippen LogP contribution >= 0.6 is 0 Å². The van der Waals surface area contributed by atoms with Crippen LogP contribution in [-0.2, 0) is 21.3 Å². The van der Waals surface area contributed by atoms with Gasteiger partial charge in [0.25, 0.3) is 0 Å². The van der Waals surface area contributed by atoms with Crippen LogP contribution in [0.2, 0.25) is 0 Å². The Morgan fingerprint density at radius 3 is 2.18 bits per heavy atom. The first-order valence-corrected chi connectivity index (χ1v) is 10.1. The average molecular weight is 407 g/mol. The minimum absolute atomic E-state index is 0.0687. The fourth-order valence-electron chi connectivity index (χ4n) is 2.28. The lowest BCUT2D eigenvalue weighted by atomic mass is 10.1. The van der Waals surface area contributed by atoms with Crippen LogP contribution in [0.5, 0.6) is 5.75 Å². The van der Waals surface area contributed by atoms with E-state index in [-0.39, 0.29) is 17.1 Å². The van der Waals surface area contributed by atoms with E-state index in [1.165, 1.54) is 24.3 Å². The number of aliphatic hydroxyl groups excluding tert-OH is 1. The largest absolute Gasteiger partial charge is 0.444 e. The van der Waals surface area contributed by atoms with E-state index in [2.05, 4.69) is 5.32 Å². The summed E-state index contributed by atoms with van der Waals surface area (Å²) in [5.74, 6) is 0.152. The van der Waals surface area contributed by atoms with Gasteiger partial charge in [-0.25, -0.2) is 4.79 Å². The van der Waals surface area contributed by atoms with Crippen molar-refractivity contribution in [1.82, 2.24) is 5.32 Å². The molecular formula is C20H25NO6S. The summed E-state index contributed by atoms with van der Waals surface area (Å²) in [6, 6.07) is 12.6. The van der Waals surface area contributed by atoms with Gasteiger partial charge >= 0.3 is 16.2 Å². The predicted octanol–water partition coefficient (Wildman–Crippen LogP) is 3.15. The lowest BCUT2D eigenvalue weighted by molar-refractivity contribution is 0.0359. The van der Waals surface area contributed by atoms with Gasteiger partial charge in [-0.2, -0.15) is 8.42 Å². The number of carbonyl (C=O) groups excluding carboxylic acids is 1. The minimum Gasteiger partial charge on any atom is -0.444 e. The Hall–Kier alpha value is -2.58. The van der Waals surface area contributed by atoms with Crippen molar-refractivity contribution in [3.63, 3.8) is 0 Å². The Kier molecular flexibility index (Phi) is 6.69. The summed E-state index contributed by atoms with van der Waals surface area (Å²) in [6.07, 6.45) is -1.73. The highest BCUT2D eigenvalue weighted by Gasteiger charge is 2.19. The molecule has 0 aliphatic heterocycles. The molecular weight excluding hydrogens is 382 g/mol. The van der Waals surface area contributed by atoms with Gasteiger partial charge < -0.3 is 14.0 Å². The number of ether oxygens (including phenoxy) is 1. The molecule has 0 aliphatic carbocycles. The molecule has 1 atom stereocenters. The number of nitrogens with one attached hydrogen (secondary N) is 1. The first kappa shape index (κ1) is 21.7. The van der Waals surface area contributed by atoms with Crippen molar-refractivity contribution in [2.24, 2.45) is 0 Å². The molecule has 0 spiro atoms. The molecule has 8 heteroatoms. The van der Waals surface area contributed by atoms with Gasteiger partial charge in [0.05, 0.1) is 0 Å². The number of carbonyl (C=O) groups is 1. The Morgan fingerprint density at radius 2 is 1.64 bits per heavy atom. The van der Waals surface area contributed by atoms with Gasteiger partial charge in [-0.05, 0) is 57.5 Å². The number of aliphatic hydroxyl groups is 1. The predicted molar refractivity (Wildman–Crippen MR) is 105 cm³/mol. The standard InChI is InChI=1S/C20H25NO6S/c1-14-5-11-17(12-6-14)28(24,25)27-16-9-7-15(8-10-16)13-18(22)21-19(23)26-20(2,3)4/h5-12,18,22H,13H2,1-4H3,(H,21,23). The molecule has 152 valence electrons. The van der Waals surface area contributed by atoms with Crippen molar-refractivity contribution in [3.8, 4) is 5.75 Å². The fraction of sp³-hybridized carbons (Fsp3) is 0.350. The van der Waals surface area contributed by atoms with E-state index >= 15 is 0 Å².